The van der Waals surface area contributed by atoms with E-state index in [-0.39, 0.29) is 23.8 Å². The van der Waals surface area contributed by atoms with E-state index in [2.05, 4.69) is 4.74 Å². The van der Waals surface area contributed by atoms with E-state index in [9.17, 15) is 9.59 Å². The summed E-state index contributed by atoms with van der Waals surface area (Å²) in [5, 5.41) is 0. The lowest BCUT2D eigenvalue weighted by Gasteiger charge is -2.27. The summed E-state index contributed by atoms with van der Waals surface area (Å²) >= 11 is 0. The summed E-state index contributed by atoms with van der Waals surface area (Å²) in [6.07, 6.45) is 4.33. The van der Waals surface area contributed by atoms with Crippen LogP contribution in [0.2, 0.25) is 0 Å². The Bertz CT molecular complexity index is 404. The number of methoxy groups -OCH3 is 1. The van der Waals surface area contributed by atoms with Gasteiger partial charge in [0.05, 0.1) is 13.5 Å². The van der Waals surface area contributed by atoms with Crippen molar-refractivity contribution in [3.05, 3.63) is 0 Å². The van der Waals surface area contributed by atoms with Crippen molar-refractivity contribution >= 4 is 11.9 Å². The van der Waals surface area contributed by atoms with Gasteiger partial charge in [-0.3, -0.25) is 9.59 Å². The van der Waals surface area contributed by atoms with Gasteiger partial charge >= 0.3 is 5.97 Å². The van der Waals surface area contributed by atoms with Crippen molar-refractivity contribution in [3.63, 3.8) is 0 Å². The molecular formula is C16H25NO3. The molecule has 0 unspecified atom stereocenters. The average molecular weight is 279 g/mol. The average Bonchev–Trinajstić information content (AvgIpc) is 2.86. The second kappa shape index (κ2) is 5.05. The van der Waals surface area contributed by atoms with E-state index in [4.69, 9.17) is 0 Å². The number of amides is 1. The lowest BCUT2D eigenvalue weighted by molar-refractivity contribution is -0.142. The van der Waals surface area contributed by atoms with Crippen LogP contribution in [0, 0.1) is 29.6 Å². The van der Waals surface area contributed by atoms with Gasteiger partial charge in [-0.25, -0.2) is 0 Å². The third-order valence-corrected chi connectivity index (χ3v) is 5.71. The Kier molecular flexibility index (Phi) is 3.51. The summed E-state index contributed by atoms with van der Waals surface area (Å²) in [5.74, 6) is 3.28. The van der Waals surface area contributed by atoms with Crippen molar-refractivity contribution in [2.45, 2.75) is 45.6 Å². The Labute approximate surface area is 120 Å². The smallest absolute Gasteiger partial charge is 0.307 e. The van der Waals surface area contributed by atoms with Gasteiger partial charge in [-0.15, -0.1) is 0 Å². The number of fused-ring (bicyclic) bond motifs is 5. The zero-order chi connectivity index (χ0) is 14.4. The molecule has 4 heteroatoms. The first-order chi connectivity index (χ1) is 9.54. The molecule has 4 atom stereocenters. The molecule has 3 fully saturated rings. The summed E-state index contributed by atoms with van der Waals surface area (Å²) in [4.78, 5) is 25.9. The highest BCUT2D eigenvalue weighted by Crippen LogP contribution is 2.69. The van der Waals surface area contributed by atoms with Crippen molar-refractivity contribution in [1.82, 2.24) is 4.90 Å². The van der Waals surface area contributed by atoms with Gasteiger partial charge in [-0.05, 0) is 56.8 Å². The molecule has 0 aromatic rings. The van der Waals surface area contributed by atoms with Gasteiger partial charge in [-0.2, -0.15) is 0 Å². The minimum absolute atomic E-state index is 0.158. The van der Waals surface area contributed by atoms with Crippen molar-refractivity contribution in [2.24, 2.45) is 29.6 Å². The predicted molar refractivity (Wildman–Crippen MR) is 74.8 cm³/mol. The summed E-state index contributed by atoms with van der Waals surface area (Å²) in [6.45, 7) is 4.55. The zero-order valence-electron chi connectivity index (χ0n) is 12.7. The zero-order valence-corrected chi connectivity index (χ0v) is 12.7. The number of ether oxygens (including phenoxy) is 1. The maximum Gasteiger partial charge on any atom is 0.307 e. The Hall–Kier alpha value is -1.06. The lowest BCUT2D eigenvalue weighted by Crippen LogP contribution is -2.40. The standard InChI is InChI=1S/C16H25NO3/c1-9(2)17(7-6-12(18)20-3)16(19)15-13-10-4-5-11(8-10)14(13)15/h9-11,13-15H,4-8H2,1-3H3/t10-,11-,13-,14-/m0/s1. The first-order valence-corrected chi connectivity index (χ1v) is 7.92. The van der Waals surface area contributed by atoms with Crippen molar-refractivity contribution in [2.75, 3.05) is 13.7 Å². The lowest BCUT2D eigenvalue weighted by atomic mass is 10.0. The number of hydrogen-bond acceptors (Lipinski definition) is 3. The van der Waals surface area contributed by atoms with Crippen LogP contribution in [-0.4, -0.2) is 36.5 Å². The van der Waals surface area contributed by atoms with Crippen LogP contribution >= 0.6 is 0 Å². The number of rotatable bonds is 5. The van der Waals surface area contributed by atoms with Crippen LogP contribution in [0.15, 0.2) is 0 Å². The first kappa shape index (κ1) is 13.9. The van der Waals surface area contributed by atoms with Crippen LogP contribution in [-0.2, 0) is 14.3 Å². The number of carbonyl (C=O) groups is 2. The van der Waals surface area contributed by atoms with Crippen molar-refractivity contribution in [1.29, 1.82) is 0 Å². The van der Waals surface area contributed by atoms with Gasteiger partial charge in [0, 0.05) is 18.5 Å². The molecule has 0 radical (unpaired) electrons. The number of esters is 1. The van der Waals surface area contributed by atoms with Crippen LogP contribution in [0.4, 0.5) is 0 Å². The molecule has 0 aromatic carbocycles. The van der Waals surface area contributed by atoms with Crippen molar-refractivity contribution < 1.29 is 14.3 Å². The molecule has 3 aliphatic carbocycles. The molecule has 0 aromatic heterocycles. The van der Waals surface area contributed by atoms with E-state index in [0.717, 1.165) is 11.8 Å². The summed E-state index contributed by atoms with van der Waals surface area (Å²) < 4.78 is 4.68. The molecular weight excluding hydrogens is 254 g/mol. The minimum Gasteiger partial charge on any atom is -0.469 e. The van der Waals surface area contributed by atoms with E-state index in [0.29, 0.717) is 24.8 Å². The molecule has 0 aliphatic heterocycles. The fraction of sp³-hybridized carbons (Fsp3) is 0.875. The van der Waals surface area contributed by atoms with E-state index in [1.165, 1.54) is 26.4 Å². The van der Waals surface area contributed by atoms with Crippen molar-refractivity contribution in [3.8, 4) is 0 Å². The second-order valence-corrected chi connectivity index (χ2v) is 6.97. The molecule has 4 nitrogen and oxygen atoms in total. The highest BCUT2D eigenvalue weighted by molar-refractivity contribution is 5.83. The Morgan fingerprint density at radius 3 is 2.30 bits per heavy atom. The van der Waals surface area contributed by atoms with Crippen LogP contribution < -0.4 is 0 Å². The molecule has 0 N–H and O–H groups in total. The van der Waals surface area contributed by atoms with E-state index >= 15 is 0 Å². The third kappa shape index (κ3) is 2.13. The molecule has 20 heavy (non-hydrogen) atoms. The van der Waals surface area contributed by atoms with Gasteiger partial charge < -0.3 is 9.64 Å². The quantitative estimate of drug-likeness (QED) is 0.724. The number of carbonyl (C=O) groups excluding carboxylic acids is 2. The van der Waals surface area contributed by atoms with Gasteiger partial charge in [-0.1, -0.05) is 0 Å². The molecule has 3 saturated carbocycles. The molecule has 0 heterocycles. The topological polar surface area (TPSA) is 46.6 Å². The Morgan fingerprint density at radius 2 is 1.80 bits per heavy atom. The molecule has 112 valence electrons. The van der Waals surface area contributed by atoms with Crippen LogP contribution in [0.3, 0.4) is 0 Å². The molecule has 1 amide bonds. The van der Waals surface area contributed by atoms with Crippen LogP contribution in [0.25, 0.3) is 0 Å². The maximum absolute atomic E-state index is 12.8. The molecule has 0 spiro atoms. The summed E-state index contributed by atoms with van der Waals surface area (Å²) in [7, 11) is 1.40. The number of nitrogens with zero attached hydrogens (tertiary/aromatic N) is 1. The molecule has 3 aliphatic rings. The minimum atomic E-state index is -0.237. The van der Waals surface area contributed by atoms with Gasteiger partial charge in [0.1, 0.15) is 0 Å². The largest absolute Gasteiger partial charge is 0.469 e. The molecule has 0 saturated heterocycles. The predicted octanol–water partition coefficient (Wildman–Crippen LogP) is 2.08. The summed E-state index contributed by atoms with van der Waals surface area (Å²) in [6, 6.07) is 0.158. The van der Waals surface area contributed by atoms with Crippen LogP contribution in [0.5, 0.6) is 0 Å². The highest BCUT2D eigenvalue weighted by atomic mass is 16.5. The number of hydrogen-bond donors (Lipinski definition) is 0. The van der Waals surface area contributed by atoms with E-state index in [1.807, 2.05) is 18.7 Å². The van der Waals surface area contributed by atoms with Gasteiger partial charge in [0.25, 0.3) is 0 Å². The van der Waals surface area contributed by atoms with E-state index in [1.54, 1.807) is 0 Å². The Morgan fingerprint density at radius 1 is 1.20 bits per heavy atom. The van der Waals surface area contributed by atoms with Gasteiger partial charge in [0.15, 0.2) is 0 Å². The fourth-order valence-electron chi connectivity index (χ4n) is 4.78. The van der Waals surface area contributed by atoms with Crippen LogP contribution in [0.1, 0.15) is 39.5 Å². The monoisotopic (exact) mass is 279 g/mol. The van der Waals surface area contributed by atoms with E-state index < -0.39 is 0 Å². The maximum atomic E-state index is 12.8. The Balaban J connectivity index is 1.61. The molecule has 3 rings (SSSR count). The fourth-order valence-corrected chi connectivity index (χ4v) is 4.78. The normalized spacial score (nSPS) is 36.9. The van der Waals surface area contributed by atoms with Gasteiger partial charge in [0.2, 0.25) is 5.91 Å². The first-order valence-electron chi connectivity index (χ1n) is 7.92. The third-order valence-electron chi connectivity index (χ3n) is 5.71. The molecule has 2 bridgehead atoms. The SMILES string of the molecule is COC(=O)CCN(C(=O)C1[C@H]2[C@H]3CC[C@@H](C3)[C@H]12)C(C)C. The highest BCUT2D eigenvalue weighted by Gasteiger charge is 2.68. The summed E-state index contributed by atoms with van der Waals surface area (Å²) in [5.41, 5.74) is 0. The second-order valence-electron chi connectivity index (χ2n) is 6.97.